The molecule has 0 unspecified atom stereocenters. The zero-order valence-electron chi connectivity index (χ0n) is 18.0. The van der Waals surface area contributed by atoms with Crippen molar-refractivity contribution in [3.8, 4) is 11.1 Å². The van der Waals surface area contributed by atoms with Gasteiger partial charge in [-0.3, -0.25) is 0 Å². The van der Waals surface area contributed by atoms with Gasteiger partial charge in [0.2, 0.25) is 0 Å². The van der Waals surface area contributed by atoms with Gasteiger partial charge in [-0.25, -0.2) is 0 Å². The second-order valence-electron chi connectivity index (χ2n) is 7.72. The molecule has 156 valence electrons. The molecule has 0 heterocycles. The molecule has 0 nitrogen and oxygen atoms in total. The molecule has 0 saturated carbocycles. The van der Waals surface area contributed by atoms with E-state index in [1.54, 1.807) is 23.3 Å². The number of fused-ring (bicyclic) bond motifs is 4. The van der Waals surface area contributed by atoms with Crippen molar-refractivity contribution in [2.45, 2.75) is 26.4 Å². The van der Waals surface area contributed by atoms with E-state index < -0.39 is 0 Å². The zero-order chi connectivity index (χ0) is 20.4. The van der Waals surface area contributed by atoms with Gasteiger partial charge >= 0.3 is 41.9 Å². The van der Waals surface area contributed by atoms with Gasteiger partial charge in [-0.2, -0.15) is 6.07 Å². The van der Waals surface area contributed by atoms with Crippen LogP contribution in [0.25, 0.3) is 43.4 Å². The van der Waals surface area contributed by atoms with Gasteiger partial charge in [-0.05, 0) is 39.6 Å². The molecule has 0 radical (unpaired) electrons. The first-order chi connectivity index (χ1) is 14.1. The van der Waals surface area contributed by atoms with Crippen LogP contribution in [0.3, 0.4) is 0 Å². The van der Waals surface area contributed by atoms with Gasteiger partial charge in [0.05, 0.1) is 0 Å². The maximum absolute atomic E-state index is 2.36. The van der Waals surface area contributed by atoms with Crippen molar-refractivity contribution in [1.82, 2.24) is 0 Å². The van der Waals surface area contributed by atoms with Gasteiger partial charge in [0.25, 0.3) is 0 Å². The third kappa shape index (κ3) is 5.55. The maximum atomic E-state index is 2.36. The minimum Gasteiger partial charge on any atom is -1.00 e. The van der Waals surface area contributed by atoms with Crippen LogP contribution in [-0.2, 0) is 29.8 Å². The summed E-state index contributed by atoms with van der Waals surface area (Å²) in [7, 11) is 0. The zero-order valence-corrected chi connectivity index (χ0v) is 23.0. The second kappa shape index (κ2) is 11.5. The van der Waals surface area contributed by atoms with Crippen LogP contribution in [-0.4, -0.2) is 5.43 Å². The van der Waals surface area contributed by atoms with Crippen LogP contribution < -0.4 is 24.8 Å². The number of aryl methyl sites for hydroxylation is 1. The number of rotatable bonds is 2. The van der Waals surface area contributed by atoms with Crippen molar-refractivity contribution in [1.29, 1.82) is 0 Å². The van der Waals surface area contributed by atoms with Gasteiger partial charge in [-0.1, -0.05) is 67.1 Å². The quantitative estimate of drug-likeness (QED) is 0.183. The normalized spacial score (nSPS) is 10.2. The van der Waals surface area contributed by atoms with E-state index in [0.717, 1.165) is 6.42 Å². The molecule has 0 saturated heterocycles. The van der Waals surface area contributed by atoms with Crippen LogP contribution in [0.1, 0.15) is 12.5 Å². The van der Waals surface area contributed by atoms with Crippen LogP contribution in [0.15, 0.2) is 84.9 Å². The summed E-state index contributed by atoms with van der Waals surface area (Å²) in [6, 6.07) is 31.2. The molecule has 0 spiro atoms. The van der Waals surface area contributed by atoms with E-state index in [2.05, 4.69) is 105 Å². The Morgan fingerprint density at radius 3 is 2.00 bits per heavy atom. The Balaban J connectivity index is 0.000000527. The van der Waals surface area contributed by atoms with Crippen LogP contribution in [0, 0.1) is 0 Å². The van der Waals surface area contributed by atoms with Crippen LogP contribution in [0.5, 0.6) is 0 Å². The summed E-state index contributed by atoms with van der Waals surface area (Å²) >= 11 is 1.74. The third-order valence-corrected chi connectivity index (χ3v) is 5.28. The molecule has 0 fully saturated rings. The Kier molecular flexibility index (Phi) is 9.65. The Hall–Kier alpha value is -1.31. The molecule has 5 aromatic carbocycles. The monoisotopic (exact) mass is 537 g/mol. The van der Waals surface area contributed by atoms with E-state index in [-0.39, 0.29) is 30.2 Å². The fourth-order valence-corrected chi connectivity index (χ4v) is 4.01. The first kappa shape index (κ1) is 25.9. The summed E-state index contributed by atoms with van der Waals surface area (Å²) in [6.07, 6.45) is 1.08. The molecule has 0 aliphatic heterocycles. The summed E-state index contributed by atoms with van der Waals surface area (Å²) in [6.45, 7) is 6.84. The maximum Gasteiger partial charge on any atom is -1.00 e. The van der Waals surface area contributed by atoms with Gasteiger partial charge in [-0.15, -0.1) is 34.5 Å². The molecule has 5 aromatic rings. The Bertz CT molecular complexity index is 1330. The average Bonchev–Trinajstić information content (AvgIpc) is 3.16. The molecule has 0 bridgehead atoms. The summed E-state index contributed by atoms with van der Waals surface area (Å²) in [5.41, 5.74) is 4.28. The van der Waals surface area contributed by atoms with E-state index >= 15 is 0 Å². The van der Waals surface area contributed by atoms with E-state index in [0.29, 0.717) is 0 Å². The molecular weight excluding hydrogens is 515 g/mol. The third-order valence-electron chi connectivity index (χ3n) is 5.28. The van der Waals surface area contributed by atoms with Crippen molar-refractivity contribution >= 4 is 37.8 Å². The average molecular weight is 540 g/mol. The Morgan fingerprint density at radius 1 is 0.710 bits per heavy atom. The topological polar surface area (TPSA) is 0 Å². The van der Waals surface area contributed by atoms with Gasteiger partial charge < -0.3 is 24.8 Å². The van der Waals surface area contributed by atoms with E-state index in [1.165, 1.54) is 49.0 Å². The predicted molar refractivity (Wildman–Crippen MR) is 127 cm³/mol. The van der Waals surface area contributed by atoms with Gasteiger partial charge in [0.1, 0.15) is 0 Å². The van der Waals surface area contributed by atoms with Crippen LogP contribution in [0.4, 0.5) is 0 Å². The van der Waals surface area contributed by atoms with Gasteiger partial charge in [0, 0.05) is 0 Å². The molecular formula is C27H25Cl2SiZr-. The molecule has 4 heteroatoms. The van der Waals surface area contributed by atoms with Crippen LogP contribution in [0.2, 0.25) is 13.1 Å². The fraction of sp³-hybridized carbons (Fsp3) is 0.148. The summed E-state index contributed by atoms with van der Waals surface area (Å²) in [5.74, 6) is 0. The number of halogens is 2. The van der Waals surface area contributed by atoms with Crippen LogP contribution >= 0.6 is 0 Å². The molecule has 0 aliphatic carbocycles. The van der Waals surface area contributed by atoms with Crippen molar-refractivity contribution in [3.63, 3.8) is 0 Å². The van der Waals surface area contributed by atoms with E-state index in [4.69, 9.17) is 0 Å². The fourth-order valence-electron chi connectivity index (χ4n) is 4.01. The minimum absolute atomic E-state index is 0. The number of benzene rings is 4. The molecule has 0 N–H and O–H groups in total. The first-order valence-corrected chi connectivity index (χ1v) is 16.4. The first-order valence-electron chi connectivity index (χ1n) is 10.2. The Morgan fingerprint density at radius 2 is 1.32 bits per heavy atom. The Labute approximate surface area is 212 Å². The van der Waals surface area contributed by atoms with Gasteiger partial charge in [0.15, 0.2) is 0 Å². The second-order valence-corrected chi connectivity index (χ2v) is 17.1. The predicted octanol–water partition coefficient (Wildman–Crippen LogP) is 1.89. The molecule has 0 amide bonds. The summed E-state index contributed by atoms with van der Waals surface area (Å²) in [4.78, 5) is 0. The molecule has 0 aromatic heterocycles. The van der Waals surface area contributed by atoms with Crippen molar-refractivity contribution in [2.24, 2.45) is 0 Å². The summed E-state index contributed by atoms with van der Waals surface area (Å²) in [5, 5.41) is 7.98. The molecule has 0 aliphatic rings. The molecule has 31 heavy (non-hydrogen) atoms. The number of hydrogen-bond donors (Lipinski definition) is 0. The van der Waals surface area contributed by atoms with Crippen molar-refractivity contribution in [2.75, 3.05) is 0 Å². The SMILES string of the molecule is CCc1cc2c(-c3cc4ccccc4c4ccccc34)cccc2[cH-]1.C[Si](C)=[Zr+2].[Cl-].[Cl-]. The standard InChI is InChI=1S/C25H19.C2H6Si.2ClH.Zr/c1-2-17-14-18-9-7-13-23(24(18)15-17)25-16-19-8-3-4-10-20(19)21-11-5-6-12-22(21)25;1-3-2;;;/h3-16H,2H2,1H3;1-2H3;2*1H;/q-1;;;;+2/p-2. The molecule has 5 rings (SSSR count). The van der Waals surface area contributed by atoms with Crippen molar-refractivity contribution in [3.05, 3.63) is 90.5 Å². The van der Waals surface area contributed by atoms with E-state index in [9.17, 15) is 0 Å². The smallest absolute Gasteiger partial charge is 1.00 e. The summed E-state index contributed by atoms with van der Waals surface area (Å²) < 4.78 is 0. The number of hydrogen-bond acceptors (Lipinski definition) is 0. The van der Waals surface area contributed by atoms with Crippen molar-refractivity contribution < 1.29 is 48.1 Å². The van der Waals surface area contributed by atoms with E-state index in [1.807, 2.05) is 0 Å². The molecule has 0 atom stereocenters. The minimum atomic E-state index is 0. The largest absolute Gasteiger partial charge is 1.00 e.